The van der Waals surface area contributed by atoms with Gasteiger partial charge in [-0.1, -0.05) is 18.2 Å². The molecule has 3 rings (SSSR count). The third-order valence-corrected chi connectivity index (χ3v) is 3.85. The standard InChI is InChI=1S/C15H17ClN4O/c1-10-14-15(19(2)18-10)20(13(8-16)17-14)9-11-6-4-5-7-12(11)21-3/h4-7H,8-9H2,1-3H3. The molecule has 0 unspecified atom stereocenters. The van der Waals surface area contributed by atoms with Gasteiger partial charge in [-0.2, -0.15) is 5.10 Å². The summed E-state index contributed by atoms with van der Waals surface area (Å²) in [4.78, 5) is 4.61. The minimum Gasteiger partial charge on any atom is -0.496 e. The number of para-hydroxylation sites is 1. The molecular formula is C15H17ClN4O. The lowest BCUT2D eigenvalue weighted by Gasteiger charge is -2.11. The first-order valence-electron chi connectivity index (χ1n) is 6.72. The molecule has 1 aromatic carbocycles. The summed E-state index contributed by atoms with van der Waals surface area (Å²) in [7, 11) is 3.60. The Labute approximate surface area is 128 Å². The summed E-state index contributed by atoms with van der Waals surface area (Å²) >= 11 is 6.06. The Morgan fingerprint density at radius 3 is 2.76 bits per heavy atom. The van der Waals surface area contributed by atoms with Crippen molar-refractivity contribution in [3.8, 4) is 5.75 Å². The zero-order valence-electron chi connectivity index (χ0n) is 12.3. The van der Waals surface area contributed by atoms with Gasteiger partial charge in [0.1, 0.15) is 17.1 Å². The van der Waals surface area contributed by atoms with Crippen LogP contribution in [0.15, 0.2) is 24.3 Å². The van der Waals surface area contributed by atoms with Crippen LogP contribution >= 0.6 is 11.6 Å². The predicted octanol–water partition coefficient (Wildman–Crippen LogP) is 2.87. The predicted molar refractivity (Wildman–Crippen MR) is 82.9 cm³/mol. The van der Waals surface area contributed by atoms with Gasteiger partial charge >= 0.3 is 0 Å². The number of alkyl halides is 1. The number of halogens is 1. The van der Waals surface area contributed by atoms with Crippen LogP contribution in [-0.4, -0.2) is 26.4 Å². The van der Waals surface area contributed by atoms with Gasteiger partial charge in [0, 0.05) is 12.6 Å². The highest BCUT2D eigenvalue weighted by atomic mass is 35.5. The number of hydrogen-bond acceptors (Lipinski definition) is 3. The summed E-state index contributed by atoms with van der Waals surface area (Å²) < 4.78 is 9.37. The second-order valence-electron chi connectivity index (χ2n) is 4.94. The van der Waals surface area contributed by atoms with Crippen molar-refractivity contribution in [2.24, 2.45) is 7.05 Å². The number of imidazole rings is 1. The Bertz CT molecular complexity index is 790. The number of ether oxygens (including phenoxy) is 1. The first kappa shape index (κ1) is 13.9. The van der Waals surface area contributed by atoms with Gasteiger partial charge in [0.25, 0.3) is 0 Å². The molecule has 0 N–H and O–H groups in total. The van der Waals surface area contributed by atoms with Crippen LogP contribution in [0.2, 0.25) is 0 Å². The van der Waals surface area contributed by atoms with Crippen LogP contribution in [0.1, 0.15) is 17.1 Å². The van der Waals surface area contributed by atoms with Gasteiger partial charge in [-0.3, -0.25) is 4.68 Å². The minimum absolute atomic E-state index is 0.364. The molecule has 0 saturated carbocycles. The molecule has 0 aliphatic heterocycles. The van der Waals surface area contributed by atoms with Crippen molar-refractivity contribution in [2.45, 2.75) is 19.3 Å². The van der Waals surface area contributed by atoms with Crippen LogP contribution in [0.5, 0.6) is 5.75 Å². The highest BCUT2D eigenvalue weighted by Crippen LogP contribution is 2.24. The van der Waals surface area contributed by atoms with Crippen molar-refractivity contribution in [1.29, 1.82) is 0 Å². The number of nitrogens with zero attached hydrogens (tertiary/aromatic N) is 4. The van der Waals surface area contributed by atoms with Crippen LogP contribution in [0, 0.1) is 6.92 Å². The average Bonchev–Trinajstić information content (AvgIpc) is 2.98. The van der Waals surface area contributed by atoms with Crippen LogP contribution < -0.4 is 4.74 Å². The number of benzene rings is 1. The number of methoxy groups -OCH3 is 1. The van der Waals surface area contributed by atoms with E-state index in [-0.39, 0.29) is 0 Å². The lowest BCUT2D eigenvalue weighted by Crippen LogP contribution is -2.08. The van der Waals surface area contributed by atoms with E-state index in [9.17, 15) is 0 Å². The van der Waals surface area contributed by atoms with E-state index >= 15 is 0 Å². The van der Waals surface area contributed by atoms with Gasteiger partial charge in [0.2, 0.25) is 0 Å². The van der Waals surface area contributed by atoms with Gasteiger partial charge < -0.3 is 9.30 Å². The average molecular weight is 305 g/mol. The van der Waals surface area contributed by atoms with Crippen molar-refractivity contribution < 1.29 is 4.74 Å². The van der Waals surface area contributed by atoms with Crippen molar-refractivity contribution in [2.75, 3.05) is 7.11 Å². The third-order valence-electron chi connectivity index (χ3n) is 3.61. The maximum atomic E-state index is 6.06. The first-order valence-corrected chi connectivity index (χ1v) is 7.25. The lowest BCUT2D eigenvalue weighted by atomic mass is 10.2. The van der Waals surface area contributed by atoms with E-state index in [2.05, 4.69) is 14.6 Å². The SMILES string of the molecule is COc1ccccc1Cn1c(CCl)nc2c(C)nn(C)c21. The van der Waals surface area contributed by atoms with Crippen molar-refractivity contribution in [3.05, 3.63) is 41.3 Å². The first-order chi connectivity index (χ1) is 10.2. The van der Waals surface area contributed by atoms with Gasteiger partial charge in [0.05, 0.1) is 25.2 Å². The highest BCUT2D eigenvalue weighted by Gasteiger charge is 2.17. The maximum absolute atomic E-state index is 6.06. The quantitative estimate of drug-likeness (QED) is 0.696. The molecule has 5 nitrogen and oxygen atoms in total. The molecule has 0 bridgehead atoms. The van der Waals surface area contributed by atoms with E-state index < -0.39 is 0 Å². The van der Waals surface area contributed by atoms with Gasteiger partial charge in [-0.25, -0.2) is 4.98 Å². The summed E-state index contributed by atoms with van der Waals surface area (Å²) in [5.74, 6) is 2.07. The molecule has 2 aromatic heterocycles. The zero-order chi connectivity index (χ0) is 15.0. The summed E-state index contributed by atoms with van der Waals surface area (Å²) in [6.07, 6.45) is 0. The fourth-order valence-electron chi connectivity index (χ4n) is 2.65. The Morgan fingerprint density at radius 2 is 2.05 bits per heavy atom. The zero-order valence-corrected chi connectivity index (χ0v) is 13.1. The summed E-state index contributed by atoms with van der Waals surface area (Å²) in [6.45, 7) is 2.61. The van der Waals surface area contributed by atoms with E-state index in [1.54, 1.807) is 7.11 Å². The Balaban J connectivity index is 2.15. The number of hydrogen-bond donors (Lipinski definition) is 0. The highest BCUT2D eigenvalue weighted by molar-refractivity contribution is 6.16. The Hall–Kier alpha value is -2.01. The minimum atomic E-state index is 0.364. The molecule has 0 atom stereocenters. The van der Waals surface area contributed by atoms with Gasteiger partial charge in [-0.05, 0) is 13.0 Å². The normalized spacial score (nSPS) is 11.2. The second-order valence-corrected chi connectivity index (χ2v) is 5.21. The molecule has 0 amide bonds. The number of rotatable bonds is 4. The molecule has 0 saturated heterocycles. The van der Waals surface area contributed by atoms with Crippen molar-refractivity contribution >= 4 is 22.8 Å². The Kier molecular flexibility index (Phi) is 3.59. The Morgan fingerprint density at radius 1 is 1.29 bits per heavy atom. The van der Waals surface area contributed by atoms with Crippen LogP contribution in [-0.2, 0) is 19.5 Å². The van der Waals surface area contributed by atoms with Crippen molar-refractivity contribution in [1.82, 2.24) is 19.3 Å². The van der Waals surface area contributed by atoms with Crippen LogP contribution in [0.25, 0.3) is 11.2 Å². The molecule has 110 valence electrons. The maximum Gasteiger partial charge on any atom is 0.159 e. The lowest BCUT2D eigenvalue weighted by molar-refractivity contribution is 0.408. The molecule has 2 heterocycles. The summed E-state index contributed by atoms with van der Waals surface area (Å²) in [5, 5.41) is 4.43. The van der Waals surface area contributed by atoms with E-state index in [1.807, 2.05) is 42.9 Å². The molecule has 3 aromatic rings. The monoisotopic (exact) mass is 304 g/mol. The largest absolute Gasteiger partial charge is 0.496 e. The number of aryl methyl sites for hydroxylation is 2. The molecule has 6 heteroatoms. The smallest absolute Gasteiger partial charge is 0.159 e. The van der Waals surface area contributed by atoms with E-state index in [4.69, 9.17) is 16.3 Å². The second kappa shape index (κ2) is 5.41. The summed E-state index contributed by atoms with van der Waals surface area (Å²) in [6, 6.07) is 7.97. The molecule has 0 radical (unpaired) electrons. The molecule has 0 spiro atoms. The van der Waals surface area contributed by atoms with Gasteiger partial charge in [-0.15, -0.1) is 11.6 Å². The molecule has 0 aliphatic rings. The van der Waals surface area contributed by atoms with E-state index in [1.165, 1.54) is 0 Å². The third kappa shape index (κ3) is 2.27. The van der Waals surface area contributed by atoms with Crippen molar-refractivity contribution in [3.63, 3.8) is 0 Å². The molecule has 21 heavy (non-hydrogen) atoms. The fourth-order valence-corrected chi connectivity index (χ4v) is 2.86. The molecule has 0 aliphatic carbocycles. The van der Waals surface area contributed by atoms with E-state index in [0.717, 1.165) is 34.0 Å². The molecule has 0 fully saturated rings. The number of fused-ring (bicyclic) bond motifs is 1. The fraction of sp³-hybridized carbons (Fsp3) is 0.333. The van der Waals surface area contributed by atoms with Crippen LogP contribution in [0.3, 0.4) is 0 Å². The number of aromatic nitrogens is 4. The van der Waals surface area contributed by atoms with E-state index in [0.29, 0.717) is 12.4 Å². The van der Waals surface area contributed by atoms with Gasteiger partial charge in [0.15, 0.2) is 5.65 Å². The summed E-state index contributed by atoms with van der Waals surface area (Å²) in [5.41, 5.74) is 3.89. The topological polar surface area (TPSA) is 44.9 Å². The van der Waals surface area contributed by atoms with Crippen LogP contribution in [0.4, 0.5) is 0 Å². The molecular weight excluding hydrogens is 288 g/mol.